The lowest BCUT2D eigenvalue weighted by molar-refractivity contribution is -0.155. The van der Waals surface area contributed by atoms with E-state index in [1.807, 2.05) is 18.7 Å². The number of thioether (sulfide) groups is 1. The van der Waals surface area contributed by atoms with Gasteiger partial charge in [0.1, 0.15) is 5.60 Å². The van der Waals surface area contributed by atoms with E-state index in [-0.39, 0.29) is 11.6 Å². The average molecular weight is 228 g/mol. The third-order valence-corrected chi connectivity index (χ3v) is 4.15. The second-order valence-electron chi connectivity index (χ2n) is 4.55. The van der Waals surface area contributed by atoms with Gasteiger partial charge in [-0.2, -0.15) is 11.8 Å². The fourth-order valence-corrected chi connectivity index (χ4v) is 2.56. The van der Waals surface area contributed by atoms with Crippen LogP contribution in [0.2, 0.25) is 0 Å². The maximum Gasteiger partial charge on any atom is 0.333 e. The van der Waals surface area contributed by atoms with Crippen molar-refractivity contribution >= 4 is 17.7 Å². The fourth-order valence-electron chi connectivity index (χ4n) is 1.85. The number of hydrogen-bond acceptors (Lipinski definition) is 3. The summed E-state index contributed by atoms with van der Waals surface area (Å²) in [5.74, 6) is -0.250. The van der Waals surface area contributed by atoms with Crippen LogP contribution in [0.4, 0.5) is 0 Å². The molecule has 0 unspecified atom stereocenters. The summed E-state index contributed by atoms with van der Waals surface area (Å²) in [6, 6.07) is 0. The molecule has 1 fully saturated rings. The average Bonchev–Trinajstić information content (AvgIpc) is 2.18. The zero-order valence-corrected chi connectivity index (χ0v) is 10.7. The molecule has 0 bridgehead atoms. The molecule has 2 nitrogen and oxygen atoms in total. The van der Waals surface area contributed by atoms with Crippen LogP contribution in [0.15, 0.2) is 12.2 Å². The molecule has 15 heavy (non-hydrogen) atoms. The minimum absolute atomic E-state index is 0.250. The Hall–Kier alpha value is -0.440. The van der Waals surface area contributed by atoms with Gasteiger partial charge in [0.25, 0.3) is 0 Å². The van der Waals surface area contributed by atoms with Crippen molar-refractivity contribution in [2.75, 3.05) is 6.26 Å². The molecule has 0 N–H and O–H groups in total. The first-order chi connectivity index (χ1) is 6.97. The number of ether oxygens (including phenoxy) is 1. The largest absolute Gasteiger partial charge is 0.456 e. The van der Waals surface area contributed by atoms with Crippen LogP contribution < -0.4 is 0 Å². The molecular weight excluding hydrogens is 208 g/mol. The van der Waals surface area contributed by atoms with Gasteiger partial charge in [-0.1, -0.05) is 6.58 Å². The van der Waals surface area contributed by atoms with Gasteiger partial charge in [0.2, 0.25) is 0 Å². The third-order valence-electron chi connectivity index (χ3n) is 3.01. The molecule has 1 aliphatic rings. The summed E-state index contributed by atoms with van der Waals surface area (Å²) >= 11 is 1.91. The van der Waals surface area contributed by atoms with Crippen molar-refractivity contribution in [2.24, 2.45) is 0 Å². The minimum Gasteiger partial charge on any atom is -0.456 e. The molecule has 0 atom stereocenters. The minimum atomic E-state index is -0.262. The van der Waals surface area contributed by atoms with Crippen molar-refractivity contribution in [3.63, 3.8) is 0 Å². The first-order valence-corrected chi connectivity index (χ1v) is 6.67. The highest BCUT2D eigenvalue weighted by Gasteiger charge is 2.34. The van der Waals surface area contributed by atoms with E-state index in [2.05, 4.69) is 12.8 Å². The van der Waals surface area contributed by atoms with Crippen molar-refractivity contribution in [3.8, 4) is 0 Å². The highest BCUT2D eigenvalue weighted by molar-refractivity contribution is 7.99. The van der Waals surface area contributed by atoms with Crippen LogP contribution in [0.3, 0.4) is 0 Å². The Labute approximate surface area is 96.5 Å². The van der Waals surface area contributed by atoms with Gasteiger partial charge in [0, 0.05) is 10.8 Å². The molecule has 0 amide bonds. The molecule has 0 heterocycles. The summed E-state index contributed by atoms with van der Waals surface area (Å²) in [5, 5.41) is 0.738. The molecule has 0 saturated heterocycles. The molecular formula is C12H20O2S. The van der Waals surface area contributed by atoms with Crippen LogP contribution in [-0.4, -0.2) is 23.1 Å². The van der Waals surface area contributed by atoms with E-state index in [1.165, 1.54) is 0 Å². The Bertz CT molecular complexity index is 252. The highest BCUT2D eigenvalue weighted by atomic mass is 32.2. The summed E-state index contributed by atoms with van der Waals surface area (Å²) in [6.45, 7) is 7.33. The van der Waals surface area contributed by atoms with Crippen LogP contribution in [-0.2, 0) is 9.53 Å². The van der Waals surface area contributed by atoms with Crippen molar-refractivity contribution < 1.29 is 9.53 Å². The van der Waals surface area contributed by atoms with Crippen molar-refractivity contribution in [1.29, 1.82) is 0 Å². The quantitative estimate of drug-likeness (QED) is 0.548. The van der Waals surface area contributed by atoms with Crippen LogP contribution in [0.25, 0.3) is 0 Å². The highest BCUT2D eigenvalue weighted by Crippen LogP contribution is 2.36. The molecule has 3 heteroatoms. The lowest BCUT2D eigenvalue weighted by atomic mass is 9.86. The zero-order valence-electron chi connectivity index (χ0n) is 9.84. The molecule has 0 spiro atoms. The van der Waals surface area contributed by atoms with Crippen LogP contribution >= 0.6 is 11.8 Å². The van der Waals surface area contributed by atoms with Gasteiger partial charge in [0.15, 0.2) is 0 Å². The molecule has 0 aromatic rings. The van der Waals surface area contributed by atoms with E-state index in [0.717, 1.165) is 30.9 Å². The predicted molar refractivity (Wildman–Crippen MR) is 65.1 cm³/mol. The molecule has 0 aromatic heterocycles. The summed E-state index contributed by atoms with van der Waals surface area (Å²) in [5.41, 5.74) is 0.227. The van der Waals surface area contributed by atoms with Gasteiger partial charge in [-0.05, 0) is 45.8 Å². The molecule has 1 saturated carbocycles. The maximum atomic E-state index is 11.4. The van der Waals surface area contributed by atoms with E-state index in [4.69, 9.17) is 4.74 Å². The standard InChI is InChI=1S/C12H20O2S/c1-9(2)11(13)14-12(3)7-5-10(15-4)6-8-12/h10H,1,5-8H2,2-4H3. The van der Waals surface area contributed by atoms with E-state index in [0.29, 0.717) is 5.57 Å². The van der Waals surface area contributed by atoms with E-state index in [9.17, 15) is 4.79 Å². The van der Waals surface area contributed by atoms with Crippen molar-refractivity contribution in [2.45, 2.75) is 50.4 Å². The Morgan fingerprint density at radius 3 is 2.40 bits per heavy atom. The summed E-state index contributed by atoms with van der Waals surface area (Å²) in [7, 11) is 0. The monoisotopic (exact) mass is 228 g/mol. The Morgan fingerprint density at radius 1 is 1.47 bits per heavy atom. The van der Waals surface area contributed by atoms with E-state index >= 15 is 0 Å². The molecule has 0 radical (unpaired) electrons. The summed E-state index contributed by atoms with van der Waals surface area (Å²) < 4.78 is 5.49. The maximum absolute atomic E-state index is 11.4. The Balaban J connectivity index is 2.48. The van der Waals surface area contributed by atoms with Crippen molar-refractivity contribution in [1.82, 2.24) is 0 Å². The third kappa shape index (κ3) is 3.56. The molecule has 0 aromatic carbocycles. The lowest BCUT2D eigenvalue weighted by Gasteiger charge is -2.36. The number of hydrogen-bond donors (Lipinski definition) is 0. The topological polar surface area (TPSA) is 26.3 Å². The molecule has 1 aliphatic carbocycles. The zero-order chi connectivity index (χ0) is 11.5. The van der Waals surface area contributed by atoms with Gasteiger partial charge in [-0.3, -0.25) is 0 Å². The summed E-state index contributed by atoms with van der Waals surface area (Å²) in [4.78, 5) is 11.4. The van der Waals surface area contributed by atoms with Gasteiger partial charge < -0.3 is 4.74 Å². The number of carbonyl (C=O) groups is 1. The van der Waals surface area contributed by atoms with Gasteiger partial charge >= 0.3 is 5.97 Å². The number of carbonyl (C=O) groups excluding carboxylic acids is 1. The first-order valence-electron chi connectivity index (χ1n) is 5.38. The number of rotatable bonds is 3. The van der Waals surface area contributed by atoms with Crippen LogP contribution in [0, 0.1) is 0 Å². The summed E-state index contributed by atoms with van der Waals surface area (Å²) in [6.07, 6.45) is 6.37. The number of esters is 1. The Morgan fingerprint density at radius 2 is 2.00 bits per heavy atom. The second-order valence-corrected chi connectivity index (χ2v) is 5.69. The Kier molecular flexibility index (Phi) is 4.26. The van der Waals surface area contributed by atoms with E-state index in [1.54, 1.807) is 6.92 Å². The van der Waals surface area contributed by atoms with E-state index < -0.39 is 0 Å². The van der Waals surface area contributed by atoms with Crippen LogP contribution in [0.5, 0.6) is 0 Å². The smallest absolute Gasteiger partial charge is 0.333 e. The molecule has 1 rings (SSSR count). The first kappa shape index (κ1) is 12.6. The second kappa shape index (κ2) is 5.06. The molecule has 86 valence electrons. The van der Waals surface area contributed by atoms with Gasteiger partial charge in [-0.15, -0.1) is 0 Å². The van der Waals surface area contributed by atoms with Crippen LogP contribution in [0.1, 0.15) is 39.5 Å². The molecule has 0 aliphatic heterocycles. The fraction of sp³-hybridized carbons (Fsp3) is 0.750. The SMILES string of the molecule is C=C(C)C(=O)OC1(C)CCC(SC)CC1. The lowest BCUT2D eigenvalue weighted by Crippen LogP contribution is -2.37. The predicted octanol–water partition coefficient (Wildman–Crippen LogP) is 3.17. The van der Waals surface area contributed by atoms with Crippen molar-refractivity contribution in [3.05, 3.63) is 12.2 Å². The normalized spacial score (nSPS) is 31.0. The van der Waals surface area contributed by atoms with Gasteiger partial charge in [0.05, 0.1) is 0 Å². The van der Waals surface area contributed by atoms with Gasteiger partial charge in [-0.25, -0.2) is 4.79 Å².